The van der Waals surface area contributed by atoms with Crippen LogP contribution >= 0.6 is 0 Å². The van der Waals surface area contributed by atoms with Gasteiger partial charge in [-0.1, -0.05) is 31.5 Å². The lowest BCUT2D eigenvalue weighted by atomic mass is 10.0. The molecule has 1 saturated heterocycles. The van der Waals surface area contributed by atoms with E-state index in [2.05, 4.69) is 10.6 Å². The van der Waals surface area contributed by atoms with Gasteiger partial charge in [0, 0.05) is 6.42 Å². The number of hydrogen-bond donors (Lipinski definition) is 2. The number of ether oxygens (including phenoxy) is 1. The quantitative estimate of drug-likeness (QED) is 0.690. The van der Waals surface area contributed by atoms with Gasteiger partial charge in [-0.05, 0) is 25.0 Å². The molecule has 0 aromatic heterocycles. The van der Waals surface area contributed by atoms with Crippen molar-refractivity contribution < 1.29 is 22.7 Å². The van der Waals surface area contributed by atoms with Crippen LogP contribution in [0.4, 0.5) is 0 Å². The molecule has 0 saturated carbocycles. The number of hydrogen-bond acceptors (Lipinski definition) is 6. The molecule has 1 amide bonds. The summed E-state index contributed by atoms with van der Waals surface area (Å²) in [5, 5.41) is 5.43. The standard InChI is InChI=1S/C17H24N2O5S/c1-11(2)15(19-14-8-9-24-17(14)21)16(20)18-10-25(22,23)13-6-4-12(3)5-7-13/h4-7,11,14-15,19H,8-10H2,1-3H3,(H,18,20)/t14-,15+/m0/s1. The molecule has 1 aromatic rings. The van der Waals surface area contributed by atoms with E-state index >= 15 is 0 Å². The highest BCUT2D eigenvalue weighted by Crippen LogP contribution is 2.13. The molecule has 2 atom stereocenters. The molecule has 1 aromatic carbocycles. The zero-order chi connectivity index (χ0) is 18.6. The molecule has 138 valence electrons. The minimum Gasteiger partial charge on any atom is -0.464 e. The van der Waals surface area contributed by atoms with Crippen LogP contribution in [-0.2, 0) is 24.2 Å². The number of rotatable bonds is 7. The maximum absolute atomic E-state index is 12.4. The Hall–Kier alpha value is -1.93. The topological polar surface area (TPSA) is 102 Å². The van der Waals surface area contributed by atoms with Crippen LogP contribution in [0, 0.1) is 12.8 Å². The Balaban J connectivity index is 2.00. The summed E-state index contributed by atoms with van der Waals surface area (Å²) < 4.78 is 29.5. The average Bonchev–Trinajstić information content (AvgIpc) is 2.95. The van der Waals surface area contributed by atoms with Gasteiger partial charge in [-0.25, -0.2) is 8.42 Å². The number of aryl methyl sites for hydroxylation is 1. The van der Waals surface area contributed by atoms with Gasteiger partial charge in [-0.15, -0.1) is 0 Å². The summed E-state index contributed by atoms with van der Waals surface area (Å²) in [7, 11) is -3.62. The van der Waals surface area contributed by atoms with Crippen molar-refractivity contribution in [3.8, 4) is 0 Å². The Labute approximate surface area is 148 Å². The Kier molecular flexibility index (Phi) is 6.18. The van der Waals surface area contributed by atoms with Crippen LogP contribution in [0.2, 0.25) is 0 Å². The largest absolute Gasteiger partial charge is 0.464 e. The van der Waals surface area contributed by atoms with Crippen LogP contribution in [0.25, 0.3) is 0 Å². The van der Waals surface area contributed by atoms with Crippen molar-refractivity contribution in [3.05, 3.63) is 29.8 Å². The molecule has 1 fully saturated rings. The van der Waals surface area contributed by atoms with E-state index in [9.17, 15) is 18.0 Å². The average molecular weight is 368 g/mol. The first kappa shape index (κ1) is 19.4. The second-order valence-corrected chi connectivity index (χ2v) is 8.50. The molecule has 1 heterocycles. The number of cyclic esters (lactones) is 1. The summed E-state index contributed by atoms with van der Waals surface area (Å²) in [4.78, 5) is 24.2. The molecule has 2 N–H and O–H groups in total. The van der Waals surface area contributed by atoms with Gasteiger partial charge < -0.3 is 10.1 Å². The second kappa shape index (κ2) is 7.97. The van der Waals surface area contributed by atoms with Crippen molar-refractivity contribution in [2.45, 2.75) is 44.2 Å². The van der Waals surface area contributed by atoms with Crippen LogP contribution in [0.5, 0.6) is 0 Å². The predicted octanol–water partition coefficient (Wildman–Crippen LogP) is 0.772. The van der Waals surface area contributed by atoms with Gasteiger partial charge in [-0.3, -0.25) is 14.9 Å². The molecular weight excluding hydrogens is 344 g/mol. The number of benzene rings is 1. The summed E-state index contributed by atoms with van der Waals surface area (Å²) in [6.07, 6.45) is 0.497. The van der Waals surface area contributed by atoms with Crippen LogP contribution in [0.15, 0.2) is 29.2 Å². The van der Waals surface area contributed by atoms with Crippen LogP contribution < -0.4 is 10.6 Å². The maximum Gasteiger partial charge on any atom is 0.323 e. The van der Waals surface area contributed by atoms with Crippen molar-refractivity contribution >= 4 is 21.7 Å². The number of carbonyl (C=O) groups is 2. The van der Waals surface area contributed by atoms with Crippen molar-refractivity contribution in [1.29, 1.82) is 0 Å². The van der Waals surface area contributed by atoms with Crippen molar-refractivity contribution in [2.24, 2.45) is 5.92 Å². The predicted molar refractivity (Wildman–Crippen MR) is 92.5 cm³/mol. The number of nitrogens with one attached hydrogen (secondary N) is 2. The maximum atomic E-state index is 12.4. The van der Waals surface area contributed by atoms with Crippen LogP contribution in [-0.4, -0.2) is 44.9 Å². The highest BCUT2D eigenvalue weighted by Gasteiger charge is 2.33. The Morgan fingerprint density at radius 2 is 1.92 bits per heavy atom. The lowest BCUT2D eigenvalue weighted by molar-refractivity contribution is -0.140. The number of sulfone groups is 1. The fourth-order valence-corrected chi connectivity index (χ4v) is 3.59. The molecular formula is C17H24N2O5S. The molecule has 8 heteroatoms. The monoisotopic (exact) mass is 368 g/mol. The van der Waals surface area contributed by atoms with Crippen LogP contribution in [0.1, 0.15) is 25.8 Å². The Morgan fingerprint density at radius 1 is 1.28 bits per heavy atom. The molecule has 25 heavy (non-hydrogen) atoms. The minimum absolute atomic E-state index is 0.115. The van der Waals surface area contributed by atoms with E-state index in [4.69, 9.17) is 4.74 Å². The molecule has 0 spiro atoms. The molecule has 0 aliphatic carbocycles. The van der Waals surface area contributed by atoms with E-state index in [1.165, 1.54) is 12.1 Å². The highest BCUT2D eigenvalue weighted by molar-refractivity contribution is 7.91. The van der Waals surface area contributed by atoms with Gasteiger partial charge in [0.2, 0.25) is 5.91 Å². The third-order valence-electron chi connectivity index (χ3n) is 4.08. The van der Waals surface area contributed by atoms with Gasteiger partial charge in [0.25, 0.3) is 0 Å². The third kappa shape index (κ3) is 5.02. The lowest BCUT2D eigenvalue weighted by Gasteiger charge is -2.23. The molecule has 0 bridgehead atoms. The molecule has 0 unspecified atom stereocenters. The van der Waals surface area contributed by atoms with Gasteiger partial charge >= 0.3 is 5.97 Å². The van der Waals surface area contributed by atoms with Crippen molar-refractivity contribution in [2.75, 3.05) is 12.5 Å². The first-order valence-electron chi connectivity index (χ1n) is 8.20. The van der Waals surface area contributed by atoms with E-state index in [0.717, 1.165) is 5.56 Å². The molecule has 7 nitrogen and oxygen atoms in total. The molecule has 2 rings (SSSR count). The number of carbonyl (C=O) groups excluding carboxylic acids is 2. The second-order valence-electron chi connectivity index (χ2n) is 6.51. The van der Waals surface area contributed by atoms with Crippen molar-refractivity contribution in [1.82, 2.24) is 10.6 Å². The Bertz CT molecular complexity index is 728. The fraction of sp³-hybridized carbons (Fsp3) is 0.529. The fourth-order valence-electron chi connectivity index (χ4n) is 2.54. The summed E-state index contributed by atoms with van der Waals surface area (Å²) in [6.45, 7) is 5.84. The molecule has 1 aliphatic heterocycles. The third-order valence-corrected chi connectivity index (χ3v) is 5.60. The normalized spacial score (nSPS) is 18.9. The lowest BCUT2D eigenvalue weighted by Crippen LogP contribution is -2.53. The molecule has 0 radical (unpaired) electrons. The van der Waals surface area contributed by atoms with E-state index in [1.807, 2.05) is 20.8 Å². The minimum atomic E-state index is -3.62. The first-order chi connectivity index (χ1) is 11.7. The SMILES string of the molecule is Cc1ccc(S(=O)(=O)CNC(=O)[C@H](N[C@H]2CCOC2=O)C(C)C)cc1. The summed E-state index contributed by atoms with van der Waals surface area (Å²) >= 11 is 0. The van der Waals surface area contributed by atoms with Crippen LogP contribution in [0.3, 0.4) is 0 Å². The smallest absolute Gasteiger partial charge is 0.323 e. The zero-order valence-corrected chi connectivity index (χ0v) is 15.4. The highest BCUT2D eigenvalue weighted by atomic mass is 32.2. The van der Waals surface area contributed by atoms with E-state index < -0.39 is 33.7 Å². The van der Waals surface area contributed by atoms with E-state index in [0.29, 0.717) is 13.0 Å². The summed E-state index contributed by atoms with van der Waals surface area (Å²) in [6, 6.07) is 5.24. The van der Waals surface area contributed by atoms with Gasteiger partial charge in [0.1, 0.15) is 11.9 Å². The molecule has 1 aliphatic rings. The zero-order valence-electron chi connectivity index (χ0n) is 14.6. The number of esters is 1. The summed E-state index contributed by atoms with van der Waals surface area (Å²) in [5.74, 6) is -1.44. The van der Waals surface area contributed by atoms with Gasteiger partial charge in [0.05, 0.1) is 17.5 Å². The first-order valence-corrected chi connectivity index (χ1v) is 9.86. The van der Waals surface area contributed by atoms with Crippen molar-refractivity contribution in [3.63, 3.8) is 0 Å². The van der Waals surface area contributed by atoms with E-state index in [-0.39, 0.29) is 16.8 Å². The van der Waals surface area contributed by atoms with Gasteiger partial charge in [-0.2, -0.15) is 0 Å². The van der Waals surface area contributed by atoms with E-state index in [1.54, 1.807) is 12.1 Å². The number of amides is 1. The Morgan fingerprint density at radius 3 is 2.44 bits per heavy atom. The van der Waals surface area contributed by atoms with Gasteiger partial charge in [0.15, 0.2) is 9.84 Å². The summed E-state index contributed by atoms with van der Waals surface area (Å²) in [5.41, 5.74) is 0.954.